The molecule has 2 amide bonds. The number of nitrogen functional groups attached to an aromatic ring is 1. The van der Waals surface area contributed by atoms with Crippen molar-refractivity contribution in [3.8, 4) is 0 Å². The van der Waals surface area contributed by atoms with Crippen LogP contribution in [-0.2, 0) is 24.0 Å². The summed E-state index contributed by atoms with van der Waals surface area (Å²) in [5.41, 5.74) is 7.50. The molecular weight excluding hydrogens is 531 g/mol. The van der Waals surface area contributed by atoms with Crippen molar-refractivity contribution in [1.29, 1.82) is 5.41 Å². The first kappa shape index (κ1) is 30.9. The van der Waals surface area contributed by atoms with E-state index in [1.807, 2.05) is 0 Å². The molecule has 2 atom stereocenters. The maximum Gasteiger partial charge on any atom is 0.490 e. The van der Waals surface area contributed by atoms with E-state index in [-0.39, 0.29) is 25.4 Å². The average molecular weight is 559 g/mol. The lowest BCUT2D eigenvalue weighted by molar-refractivity contribution is -0.192. The van der Waals surface area contributed by atoms with Crippen molar-refractivity contribution in [2.75, 3.05) is 13.2 Å². The first-order chi connectivity index (χ1) is 18.3. The molecule has 7 N–H and O–H groups in total. The molecule has 0 radical (unpaired) electrons. The zero-order chi connectivity index (χ0) is 29.2. The molecule has 1 aliphatic carbocycles. The molecule has 13 nitrogen and oxygen atoms in total. The highest BCUT2D eigenvalue weighted by Gasteiger charge is 2.38. The number of ether oxygens (including phenoxy) is 1. The lowest BCUT2D eigenvalue weighted by Crippen LogP contribution is -2.48. The van der Waals surface area contributed by atoms with E-state index in [0.717, 1.165) is 24.8 Å². The second-order valence-corrected chi connectivity index (χ2v) is 8.67. The third-order valence-corrected chi connectivity index (χ3v) is 5.47. The van der Waals surface area contributed by atoms with E-state index in [1.165, 1.54) is 0 Å². The van der Waals surface area contributed by atoms with Crippen molar-refractivity contribution in [2.45, 2.75) is 50.4 Å². The standard InChI is InChI=1S/C21H27N5O6.C2HF3O2/c22-19(23)14-5-3-13(4-6-14)16-9-15(32-26-16)10-18(27)24-11-17(20(28)29)25-21(30)31-8-7-12-1-2-12;3-2(4,5)1(6)7/h3-6,12,15,17H,1-2,7-11H2,(H3,22,23)(H,24,27)(H,25,30)(H,28,29);(H,6,7)/t15?,17-;/m0./s1. The number of halogens is 3. The third kappa shape index (κ3) is 11.3. The molecule has 3 rings (SSSR count). The van der Waals surface area contributed by atoms with Crippen LogP contribution >= 0.6 is 0 Å². The van der Waals surface area contributed by atoms with Crippen molar-refractivity contribution < 1.29 is 52.1 Å². The van der Waals surface area contributed by atoms with Gasteiger partial charge in [0.15, 0.2) is 0 Å². The van der Waals surface area contributed by atoms with Gasteiger partial charge in [0.1, 0.15) is 18.0 Å². The first-order valence-electron chi connectivity index (χ1n) is 11.7. The average Bonchev–Trinajstić information content (AvgIpc) is 3.57. The van der Waals surface area contributed by atoms with E-state index in [4.69, 9.17) is 30.6 Å². The van der Waals surface area contributed by atoms with Crippen LogP contribution in [0, 0.1) is 11.3 Å². The number of hydrogen-bond donors (Lipinski definition) is 6. The first-order valence-corrected chi connectivity index (χ1v) is 11.7. The summed E-state index contributed by atoms with van der Waals surface area (Å²) in [5, 5.41) is 32.6. The van der Waals surface area contributed by atoms with E-state index in [9.17, 15) is 32.7 Å². The summed E-state index contributed by atoms with van der Waals surface area (Å²) >= 11 is 0. The van der Waals surface area contributed by atoms with Gasteiger partial charge in [0, 0.05) is 18.5 Å². The predicted octanol–water partition coefficient (Wildman–Crippen LogP) is 1.58. The van der Waals surface area contributed by atoms with Gasteiger partial charge in [-0.2, -0.15) is 13.2 Å². The van der Waals surface area contributed by atoms with Crippen molar-refractivity contribution in [3.63, 3.8) is 0 Å². The molecule has 0 spiro atoms. The number of carbonyl (C=O) groups is 4. The van der Waals surface area contributed by atoms with Gasteiger partial charge in [-0.1, -0.05) is 42.3 Å². The van der Waals surface area contributed by atoms with Gasteiger partial charge >= 0.3 is 24.2 Å². The minimum absolute atomic E-state index is 0.0172. The zero-order valence-electron chi connectivity index (χ0n) is 20.5. The van der Waals surface area contributed by atoms with Crippen LogP contribution < -0.4 is 16.4 Å². The highest BCUT2D eigenvalue weighted by atomic mass is 19.4. The highest BCUT2D eigenvalue weighted by Crippen LogP contribution is 2.32. The number of rotatable bonds is 11. The number of nitrogens with two attached hydrogens (primary N) is 1. The fourth-order valence-electron chi connectivity index (χ4n) is 3.15. The Morgan fingerprint density at radius 1 is 1.18 bits per heavy atom. The minimum atomic E-state index is -5.08. The fraction of sp³-hybridized carbons (Fsp3) is 0.478. The largest absolute Gasteiger partial charge is 0.490 e. The molecule has 0 aromatic heterocycles. The van der Waals surface area contributed by atoms with Gasteiger partial charge in [0.25, 0.3) is 0 Å². The molecule has 2 aliphatic rings. The molecule has 214 valence electrons. The van der Waals surface area contributed by atoms with Gasteiger partial charge < -0.3 is 36.2 Å². The number of oxime groups is 1. The van der Waals surface area contributed by atoms with Crippen molar-refractivity contribution >= 4 is 35.5 Å². The molecule has 1 aliphatic heterocycles. The zero-order valence-corrected chi connectivity index (χ0v) is 20.5. The van der Waals surface area contributed by atoms with E-state index in [1.54, 1.807) is 24.3 Å². The van der Waals surface area contributed by atoms with Crippen LogP contribution in [0.5, 0.6) is 0 Å². The van der Waals surface area contributed by atoms with Crippen LogP contribution in [-0.4, -0.2) is 77.2 Å². The number of alkyl halides is 3. The molecule has 1 aromatic carbocycles. The normalized spacial score (nSPS) is 16.9. The number of alkyl carbamates (subject to hydrolysis) is 1. The van der Waals surface area contributed by atoms with Gasteiger partial charge in [-0.15, -0.1) is 0 Å². The van der Waals surface area contributed by atoms with Crippen LogP contribution in [0.4, 0.5) is 18.0 Å². The minimum Gasteiger partial charge on any atom is -0.480 e. The van der Waals surface area contributed by atoms with Crippen LogP contribution in [0.3, 0.4) is 0 Å². The van der Waals surface area contributed by atoms with E-state index in [0.29, 0.717) is 23.6 Å². The Balaban J connectivity index is 0.000000673. The van der Waals surface area contributed by atoms with Gasteiger partial charge in [0.2, 0.25) is 5.91 Å². The molecule has 1 heterocycles. The lowest BCUT2D eigenvalue weighted by Gasteiger charge is -2.16. The monoisotopic (exact) mass is 559 g/mol. The fourth-order valence-corrected chi connectivity index (χ4v) is 3.15. The third-order valence-electron chi connectivity index (χ3n) is 5.47. The Morgan fingerprint density at radius 2 is 1.79 bits per heavy atom. The highest BCUT2D eigenvalue weighted by molar-refractivity contribution is 6.02. The number of carboxylic acid groups (broad SMARTS) is 2. The number of amidine groups is 1. The Labute approximate surface area is 220 Å². The Hall–Kier alpha value is -4.37. The predicted molar refractivity (Wildman–Crippen MR) is 128 cm³/mol. The Kier molecular flexibility index (Phi) is 11.0. The van der Waals surface area contributed by atoms with E-state index < -0.39 is 42.3 Å². The number of nitrogens with one attached hydrogen (secondary N) is 3. The number of carbonyl (C=O) groups excluding carboxylic acids is 2. The molecule has 1 saturated carbocycles. The summed E-state index contributed by atoms with van der Waals surface area (Å²) in [6.45, 7) is -0.0349. The van der Waals surface area contributed by atoms with Crippen molar-refractivity contribution in [1.82, 2.24) is 10.6 Å². The maximum atomic E-state index is 12.2. The summed E-state index contributed by atoms with van der Waals surface area (Å²) in [6, 6.07) is 5.65. The van der Waals surface area contributed by atoms with Crippen LogP contribution in [0.15, 0.2) is 29.4 Å². The second kappa shape index (κ2) is 14.0. The van der Waals surface area contributed by atoms with Crippen LogP contribution in [0.1, 0.15) is 43.2 Å². The summed E-state index contributed by atoms with van der Waals surface area (Å²) < 4.78 is 36.7. The molecule has 1 unspecified atom stereocenters. The van der Waals surface area contributed by atoms with Crippen LogP contribution in [0.25, 0.3) is 0 Å². The maximum absolute atomic E-state index is 12.2. The summed E-state index contributed by atoms with van der Waals surface area (Å²) in [6.07, 6.45) is -2.96. The number of carboxylic acids is 2. The van der Waals surface area contributed by atoms with E-state index >= 15 is 0 Å². The molecule has 39 heavy (non-hydrogen) atoms. The summed E-state index contributed by atoms with van der Waals surface area (Å²) in [5.74, 6) is -3.89. The number of aliphatic carboxylic acids is 2. The SMILES string of the molecule is N=C(N)c1ccc(C2=NOC(CC(=O)NC[C@H](NC(=O)OCCC3CC3)C(=O)O)C2)cc1.O=C(O)C(F)(F)F. The molecule has 1 aromatic rings. The number of hydrogen-bond acceptors (Lipinski definition) is 8. The summed E-state index contributed by atoms with van der Waals surface area (Å²) in [4.78, 5) is 49.5. The molecule has 0 bridgehead atoms. The van der Waals surface area contributed by atoms with Gasteiger partial charge in [-0.05, 0) is 17.9 Å². The lowest BCUT2D eigenvalue weighted by atomic mass is 10.0. The van der Waals surface area contributed by atoms with E-state index in [2.05, 4.69) is 15.8 Å². The van der Waals surface area contributed by atoms with Gasteiger partial charge in [-0.25, -0.2) is 14.4 Å². The topological polar surface area (TPSA) is 213 Å². The Bertz CT molecular complexity index is 1090. The second-order valence-electron chi connectivity index (χ2n) is 8.67. The molecule has 1 fully saturated rings. The number of benzene rings is 1. The van der Waals surface area contributed by atoms with Gasteiger partial charge in [-0.3, -0.25) is 10.2 Å². The molecule has 16 heteroatoms. The summed E-state index contributed by atoms with van der Waals surface area (Å²) in [7, 11) is 0. The number of amides is 2. The smallest absolute Gasteiger partial charge is 0.480 e. The quantitative estimate of drug-likeness (QED) is 0.171. The molecular formula is C23H28F3N5O8. The number of nitrogens with zero attached hydrogens (tertiary/aromatic N) is 1. The van der Waals surface area contributed by atoms with Crippen molar-refractivity contribution in [2.24, 2.45) is 16.8 Å². The molecule has 0 saturated heterocycles. The van der Waals surface area contributed by atoms with Crippen LogP contribution in [0.2, 0.25) is 0 Å². The Morgan fingerprint density at radius 3 is 2.31 bits per heavy atom. The van der Waals surface area contributed by atoms with Gasteiger partial charge in [0.05, 0.1) is 18.7 Å². The van der Waals surface area contributed by atoms with Crippen molar-refractivity contribution in [3.05, 3.63) is 35.4 Å².